The fourth-order valence-corrected chi connectivity index (χ4v) is 5.28. The molecule has 3 rings (SSSR count). The maximum Gasteiger partial charge on any atom is 0.408 e. The van der Waals surface area contributed by atoms with E-state index in [9.17, 15) is 14.4 Å². The van der Waals surface area contributed by atoms with Crippen LogP contribution >= 0.6 is 0 Å². The minimum absolute atomic E-state index is 0.0283. The molecule has 1 aliphatic rings. The SMILES string of the molecule is CCCC(C)NC(=O)C(c1cc(C)cc(C)c1)N(C(=O)C(Cc1ccccc1)NC(=O)OC(C)(C)C)C1CC1C. The van der Waals surface area contributed by atoms with Gasteiger partial charge in [-0.15, -0.1) is 0 Å². The van der Waals surface area contributed by atoms with Gasteiger partial charge in [0.25, 0.3) is 0 Å². The lowest BCUT2D eigenvalue weighted by Crippen LogP contribution is -2.55. The lowest BCUT2D eigenvalue weighted by atomic mass is 9.96. The zero-order chi connectivity index (χ0) is 29.6. The Kier molecular flexibility index (Phi) is 10.4. The van der Waals surface area contributed by atoms with E-state index in [1.54, 1.807) is 25.7 Å². The van der Waals surface area contributed by atoms with E-state index in [0.717, 1.165) is 41.5 Å². The predicted molar refractivity (Wildman–Crippen MR) is 159 cm³/mol. The molecule has 7 heteroatoms. The van der Waals surface area contributed by atoms with Gasteiger partial charge in [0.2, 0.25) is 11.8 Å². The smallest absolute Gasteiger partial charge is 0.408 e. The molecule has 2 aromatic rings. The summed E-state index contributed by atoms with van der Waals surface area (Å²) in [7, 11) is 0. The van der Waals surface area contributed by atoms with Crippen molar-refractivity contribution in [2.24, 2.45) is 5.92 Å². The van der Waals surface area contributed by atoms with Gasteiger partial charge in [-0.05, 0) is 71.4 Å². The van der Waals surface area contributed by atoms with Crippen molar-refractivity contribution in [1.82, 2.24) is 15.5 Å². The van der Waals surface area contributed by atoms with Gasteiger partial charge >= 0.3 is 6.09 Å². The van der Waals surface area contributed by atoms with Crippen LogP contribution in [0.3, 0.4) is 0 Å². The molecule has 7 nitrogen and oxygen atoms in total. The molecule has 0 bridgehead atoms. The highest BCUT2D eigenvalue weighted by Gasteiger charge is 2.48. The largest absolute Gasteiger partial charge is 0.444 e. The monoisotopic (exact) mass is 549 g/mol. The molecule has 0 spiro atoms. The number of amides is 3. The summed E-state index contributed by atoms with van der Waals surface area (Å²) in [4.78, 5) is 43.2. The number of hydrogen-bond donors (Lipinski definition) is 2. The lowest BCUT2D eigenvalue weighted by Gasteiger charge is -2.36. The van der Waals surface area contributed by atoms with Gasteiger partial charge in [0, 0.05) is 18.5 Å². The number of benzene rings is 2. The molecule has 5 atom stereocenters. The lowest BCUT2D eigenvalue weighted by molar-refractivity contribution is -0.143. The summed E-state index contributed by atoms with van der Waals surface area (Å²) in [5, 5.41) is 6.01. The Morgan fingerprint density at radius 2 is 1.62 bits per heavy atom. The summed E-state index contributed by atoms with van der Waals surface area (Å²) in [6.07, 6.45) is 2.21. The minimum Gasteiger partial charge on any atom is -0.444 e. The maximum absolute atomic E-state index is 14.6. The summed E-state index contributed by atoms with van der Waals surface area (Å²) in [6, 6.07) is 13.8. The number of carbonyl (C=O) groups excluding carboxylic acids is 3. The number of carbonyl (C=O) groups is 3. The quantitative estimate of drug-likeness (QED) is 0.359. The summed E-state index contributed by atoms with van der Waals surface area (Å²) in [5.74, 6) is -0.238. The first-order valence-electron chi connectivity index (χ1n) is 14.5. The molecule has 40 heavy (non-hydrogen) atoms. The maximum atomic E-state index is 14.6. The summed E-state index contributed by atoms with van der Waals surface area (Å²) in [5.41, 5.74) is 3.02. The standard InChI is InChI=1S/C33H47N3O4/c1-9-13-24(5)34-30(37)29(26-17-21(2)16-22(3)18-26)36(28-19-23(28)4)31(38)27(20-25-14-11-10-12-15-25)35-32(39)40-33(6,7)8/h10-12,14-18,23-24,27-29H,9,13,19-20H2,1-8H3,(H,34,37)(H,35,39). The van der Waals surface area contributed by atoms with Crippen LogP contribution < -0.4 is 10.6 Å². The molecular formula is C33H47N3O4. The number of alkyl carbamates (subject to hydrolysis) is 1. The molecule has 2 aromatic carbocycles. The third kappa shape index (κ3) is 8.83. The average molecular weight is 550 g/mol. The van der Waals surface area contributed by atoms with Crippen LogP contribution in [0.4, 0.5) is 4.79 Å². The van der Waals surface area contributed by atoms with Crippen LogP contribution in [-0.2, 0) is 20.7 Å². The predicted octanol–water partition coefficient (Wildman–Crippen LogP) is 6.02. The van der Waals surface area contributed by atoms with Gasteiger partial charge in [-0.3, -0.25) is 9.59 Å². The van der Waals surface area contributed by atoms with Crippen molar-refractivity contribution in [1.29, 1.82) is 0 Å². The number of nitrogens with one attached hydrogen (secondary N) is 2. The summed E-state index contributed by atoms with van der Waals surface area (Å²) >= 11 is 0. The van der Waals surface area contributed by atoms with Crippen molar-refractivity contribution >= 4 is 17.9 Å². The Morgan fingerprint density at radius 1 is 1.02 bits per heavy atom. The van der Waals surface area contributed by atoms with E-state index in [4.69, 9.17) is 4.74 Å². The Balaban J connectivity index is 2.06. The number of rotatable bonds is 11. The average Bonchev–Trinajstić information content (AvgIpc) is 3.56. The number of hydrogen-bond acceptors (Lipinski definition) is 4. The first-order chi connectivity index (χ1) is 18.8. The molecule has 0 radical (unpaired) electrons. The zero-order valence-electron chi connectivity index (χ0n) is 25.4. The Morgan fingerprint density at radius 3 is 2.15 bits per heavy atom. The summed E-state index contributed by atoms with van der Waals surface area (Å²) in [6.45, 7) is 15.5. The first-order valence-corrected chi connectivity index (χ1v) is 14.5. The highest BCUT2D eigenvalue weighted by atomic mass is 16.6. The van der Waals surface area contributed by atoms with Crippen LogP contribution in [0.5, 0.6) is 0 Å². The normalized spacial score (nSPS) is 18.7. The van der Waals surface area contributed by atoms with Gasteiger partial charge in [0.15, 0.2) is 0 Å². The second-order valence-corrected chi connectivity index (χ2v) is 12.4. The van der Waals surface area contributed by atoms with Crippen LogP contribution in [0.25, 0.3) is 0 Å². The van der Waals surface area contributed by atoms with Gasteiger partial charge in [0.1, 0.15) is 17.7 Å². The third-order valence-electron chi connectivity index (χ3n) is 7.15. The van der Waals surface area contributed by atoms with Crippen LogP contribution in [-0.4, -0.2) is 46.5 Å². The van der Waals surface area contributed by atoms with Crippen molar-refractivity contribution in [3.63, 3.8) is 0 Å². The fourth-order valence-electron chi connectivity index (χ4n) is 5.28. The fraction of sp³-hybridized carbons (Fsp3) is 0.545. The second kappa shape index (κ2) is 13.3. The van der Waals surface area contributed by atoms with Crippen LogP contribution in [0, 0.1) is 19.8 Å². The van der Waals surface area contributed by atoms with Gasteiger partial charge in [0.05, 0.1) is 0 Å². The zero-order valence-corrected chi connectivity index (χ0v) is 25.4. The highest BCUT2D eigenvalue weighted by molar-refractivity contribution is 5.93. The summed E-state index contributed by atoms with van der Waals surface area (Å²) < 4.78 is 5.54. The molecule has 2 N–H and O–H groups in total. The van der Waals surface area contributed by atoms with Crippen molar-refractivity contribution in [3.8, 4) is 0 Å². The van der Waals surface area contributed by atoms with E-state index in [1.165, 1.54) is 0 Å². The molecule has 1 aliphatic carbocycles. The third-order valence-corrected chi connectivity index (χ3v) is 7.15. The van der Waals surface area contributed by atoms with E-state index in [1.807, 2.05) is 63.2 Å². The number of ether oxygens (including phenoxy) is 1. The van der Waals surface area contributed by atoms with Crippen LogP contribution in [0.15, 0.2) is 48.5 Å². The van der Waals surface area contributed by atoms with E-state index >= 15 is 0 Å². The molecule has 0 aliphatic heterocycles. The molecule has 218 valence electrons. The molecule has 0 saturated heterocycles. The molecule has 5 unspecified atom stereocenters. The molecular weight excluding hydrogens is 502 g/mol. The highest BCUT2D eigenvalue weighted by Crippen LogP contribution is 2.41. The van der Waals surface area contributed by atoms with Crippen molar-refractivity contribution in [2.75, 3.05) is 0 Å². The molecule has 1 saturated carbocycles. The topological polar surface area (TPSA) is 87.7 Å². The minimum atomic E-state index is -0.903. The van der Waals surface area contributed by atoms with E-state index in [0.29, 0.717) is 0 Å². The Hall–Kier alpha value is -3.35. The number of aryl methyl sites for hydroxylation is 2. The van der Waals surface area contributed by atoms with Gasteiger partial charge in [-0.1, -0.05) is 79.9 Å². The van der Waals surface area contributed by atoms with Crippen molar-refractivity contribution < 1.29 is 19.1 Å². The number of nitrogens with zero attached hydrogens (tertiary/aromatic N) is 1. The van der Waals surface area contributed by atoms with E-state index < -0.39 is 23.8 Å². The molecule has 1 fully saturated rings. The Labute approximate surface area is 240 Å². The van der Waals surface area contributed by atoms with Gasteiger partial charge in [-0.25, -0.2) is 4.79 Å². The van der Waals surface area contributed by atoms with E-state index in [2.05, 4.69) is 30.5 Å². The molecule has 3 amide bonds. The Bertz CT molecular complexity index is 1150. The van der Waals surface area contributed by atoms with E-state index in [-0.39, 0.29) is 36.2 Å². The first kappa shape index (κ1) is 31.2. The van der Waals surface area contributed by atoms with Gasteiger partial charge < -0.3 is 20.3 Å². The van der Waals surface area contributed by atoms with Crippen molar-refractivity contribution in [3.05, 3.63) is 70.8 Å². The van der Waals surface area contributed by atoms with Crippen molar-refractivity contribution in [2.45, 2.75) is 111 Å². The molecule has 0 aromatic heterocycles. The van der Waals surface area contributed by atoms with Crippen LogP contribution in [0.2, 0.25) is 0 Å². The van der Waals surface area contributed by atoms with Gasteiger partial charge in [-0.2, -0.15) is 0 Å². The molecule has 0 heterocycles. The van der Waals surface area contributed by atoms with Crippen LogP contribution in [0.1, 0.15) is 89.1 Å². The second-order valence-electron chi connectivity index (χ2n) is 12.4.